The molecule has 1 amide bonds. The molecule has 10 heteroatoms. The highest BCUT2D eigenvalue weighted by Crippen LogP contribution is 2.50. The van der Waals surface area contributed by atoms with Crippen molar-refractivity contribution in [1.29, 1.82) is 0 Å². The van der Waals surface area contributed by atoms with E-state index >= 15 is 0 Å². The molecule has 0 unspecified atom stereocenters. The molecular formula is C11H8F7NO2. The summed E-state index contributed by atoms with van der Waals surface area (Å²) in [7, 11) is 0. The van der Waals surface area contributed by atoms with Gasteiger partial charge in [0.2, 0.25) is 0 Å². The first-order valence-electron chi connectivity index (χ1n) is 5.25. The average Bonchev–Trinajstić information content (AvgIpc) is 2.35. The average molecular weight is 319 g/mol. The molecule has 21 heavy (non-hydrogen) atoms. The Labute approximate surface area is 113 Å². The molecule has 1 aromatic carbocycles. The largest absolute Gasteiger partial charge is 0.430 e. The lowest BCUT2D eigenvalue weighted by atomic mass is 9.92. The summed E-state index contributed by atoms with van der Waals surface area (Å²) in [5.74, 6) is -1.12. The lowest BCUT2D eigenvalue weighted by Crippen LogP contribution is -2.53. The van der Waals surface area contributed by atoms with Crippen molar-refractivity contribution in [2.45, 2.75) is 18.0 Å². The first-order chi connectivity index (χ1) is 9.43. The number of hydrogen-bond donors (Lipinski definition) is 2. The van der Waals surface area contributed by atoms with Gasteiger partial charge in [-0.05, 0) is 12.1 Å². The van der Waals surface area contributed by atoms with Crippen LogP contribution >= 0.6 is 0 Å². The topological polar surface area (TPSA) is 49.3 Å². The van der Waals surface area contributed by atoms with Gasteiger partial charge in [0.15, 0.2) is 6.67 Å². The smallest absolute Gasteiger partial charge is 0.369 e. The molecule has 0 heterocycles. The maximum absolute atomic E-state index is 12.6. The van der Waals surface area contributed by atoms with Crippen LogP contribution in [0, 0.1) is 0 Å². The highest BCUT2D eigenvalue weighted by molar-refractivity contribution is 5.91. The van der Waals surface area contributed by atoms with Crippen molar-refractivity contribution in [3.05, 3.63) is 29.8 Å². The summed E-state index contributed by atoms with van der Waals surface area (Å²) >= 11 is 0. The van der Waals surface area contributed by atoms with Crippen LogP contribution in [0.3, 0.4) is 0 Å². The highest BCUT2D eigenvalue weighted by atomic mass is 19.4. The van der Waals surface area contributed by atoms with Crippen molar-refractivity contribution in [2.24, 2.45) is 0 Å². The Kier molecular flexibility index (Phi) is 4.51. The molecule has 118 valence electrons. The summed E-state index contributed by atoms with van der Waals surface area (Å²) in [4.78, 5) is 10.7. The Morgan fingerprint density at radius 2 is 1.43 bits per heavy atom. The third-order valence-corrected chi connectivity index (χ3v) is 2.53. The van der Waals surface area contributed by atoms with Crippen molar-refractivity contribution in [3.8, 4) is 0 Å². The van der Waals surface area contributed by atoms with Crippen LogP contribution in [0.5, 0.6) is 0 Å². The van der Waals surface area contributed by atoms with Gasteiger partial charge in [-0.15, -0.1) is 0 Å². The molecule has 0 spiro atoms. The molecule has 0 aliphatic carbocycles. The first-order valence-corrected chi connectivity index (χ1v) is 5.25. The maximum Gasteiger partial charge on any atom is 0.430 e. The van der Waals surface area contributed by atoms with E-state index < -0.39 is 36.1 Å². The molecule has 1 rings (SSSR count). The van der Waals surface area contributed by atoms with Gasteiger partial charge < -0.3 is 10.4 Å². The van der Waals surface area contributed by atoms with Crippen LogP contribution < -0.4 is 5.32 Å². The van der Waals surface area contributed by atoms with E-state index in [4.69, 9.17) is 5.11 Å². The van der Waals surface area contributed by atoms with Gasteiger partial charge in [-0.1, -0.05) is 12.1 Å². The van der Waals surface area contributed by atoms with E-state index in [0.717, 1.165) is 0 Å². The van der Waals surface area contributed by atoms with Crippen molar-refractivity contribution in [1.82, 2.24) is 0 Å². The van der Waals surface area contributed by atoms with Crippen LogP contribution in [0.2, 0.25) is 0 Å². The molecule has 0 bridgehead atoms. The van der Waals surface area contributed by atoms with Gasteiger partial charge in [0.1, 0.15) is 0 Å². The van der Waals surface area contributed by atoms with E-state index in [-0.39, 0.29) is 5.69 Å². The normalized spacial score (nSPS) is 13.1. The Morgan fingerprint density at radius 1 is 1.00 bits per heavy atom. The number of anilines is 1. The minimum Gasteiger partial charge on any atom is -0.369 e. The number of amides is 1. The number of alkyl halides is 7. The number of carbonyl (C=O) groups is 1. The van der Waals surface area contributed by atoms with Crippen LogP contribution in [0.4, 0.5) is 36.4 Å². The quantitative estimate of drug-likeness (QED) is 0.842. The number of benzene rings is 1. The molecular weight excluding hydrogens is 311 g/mol. The van der Waals surface area contributed by atoms with Crippen LogP contribution in [0.25, 0.3) is 0 Å². The molecule has 0 atom stereocenters. The fourth-order valence-electron chi connectivity index (χ4n) is 1.48. The lowest BCUT2D eigenvalue weighted by Gasteiger charge is -2.32. The number of hydrogen-bond acceptors (Lipinski definition) is 2. The number of rotatable bonds is 3. The van der Waals surface area contributed by atoms with E-state index in [0.29, 0.717) is 24.3 Å². The van der Waals surface area contributed by atoms with Crippen molar-refractivity contribution in [3.63, 3.8) is 0 Å². The minimum atomic E-state index is -5.99. The monoisotopic (exact) mass is 319 g/mol. The summed E-state index contributed by atoms with van der Waals surface area (Å²) in [6.45, 7) is -1.41. The van der Waals surface area contributed by atoms with Crippen LogP contribution in [-0.2, 0) is 10.4 Å². The van der Waals surface area contributed by atoms with E-state index in [9.17, 15) is 35.5 Å². The van der Waals surface area contributed by atoms with Crippen LogP contribution in [0.15, 0.2) is 24.3 Å². The van der Waals surface area contributed by atoms with Gasteiger partial charge >= 0.3 is 12.4 Å². The van der Waals surface area contributed by atoms with Gasteiger partial charge in [0, 0.05) is 11.3 Å². The highest BCUT2D eigenvalue weighted by Gasteiger charge is 2.71. The number of carbonyl (C=O) groups excluding carboxylic acids is 1. The Bertz CT molecular complexity index is 493. The van der Waals surface area contributed by atoms with Gasteiger partial charge in [-0.25, -0.2) is 4.39 Å². The second-order valence-corrected chi connectivity index (χ2v) is 3.97. The van der Waals surface area contributed by atoms with Gasteiger partial charge in [0.25, 0.3) is 11.5 Å². The summed E-state index contributed by atoms with van der Waals surface area (Å²) in [5, 5.41) is 11.0. The maximum atomic E-state index is 12.6. The molecule has 0 aliphatic rings. The zero-order chi connectivity index (χ0) is 16.5. The first kappa shape index (κ1) is 17.2. The summed E-state index contributed by atoms with van der Waals surface area (Å²) in [6.07, 6.45) is -12.0. The summed E-state index contributed by atoms with van der Waals surface area (Å²) < 4.78 is 87.3. The molecule has 0 aromatic heterocycles. The Morgan fingerprint density at radius 3 is 1.76 bits per heavy atom. The van der Waals surface area contributed by atoms with Gasteiger partial charge in [-0.3, -0.25) is 4.79 Å². The summed E-state index contributed by atoms with van der Waals surface area (Å²) in [5.41, 5.74) is -6.73. The zero-order valence-corrected chi connectivity index (χ0v) is 10.0. The summed E-state index contributed by atoms with van der Waals surface area (Å²) in [6, 6.07) is 2.06. The van der Waals surface area contributed by atoms with Crippen molar-refractivity contribution in [2.75, 3.05) is 12.0 Å². The number of nitrogens with one attached hydrogen (secondary N) is 1. The molecule has 2 N–H and O–H groups in total. The third kappa shape index (κ3) is 3.26. The predicted octanol–water partition coefficient (Wildman–Crippen LogP) is 2.91. The lowest BCUT2D eigenvalue weighted by molar-refractivity contribution is -0.376. The molecule has 0 radical (unpaired) electrons. The van der Waals surface area contributed by atoms with Gasteiger partial charge in [0.05, 0.1) is 0 Å². The van der Waals surface area contributed by atoms with E-state index in [2.05, 4.69) is 0 Å². The fourth-order valence-corrected chi connectivity index (χ4v) is 1.48. The van der Waals surface area contributed by atoms with Crippen LogP contribution in [-0.4, -0.2) is 30.0 Å². The standard InChI is InChI=1S/C11H8F7NO2/c12-5-8(20)19-7-3-1-6(2-4-7)9(21,10(13,14)15)11(16,17)18/h1-4,21H,5H2,(H,19,20). The second-order valence-electron chi connectivity index (χ2n) is 3.97. The molecule has 0 fully saturated rings. The fraction of sp³-hybridized carbons (Fsp3) is 0.364. The molecule has 3 nitrogen and oxygen atoms in total. The number of halogens is 7. The van der Waals surface area contributed by atoms with Gasteiger partial charge in [-0.2, -0.15) is 26.3 Å². The third-order valence-electron chi connectivity index (χ3n) is 2.53. The molecule has 0 saturated heterocycles. The molecule has 1 aromatic rings. The van der Waals surface area contributed by atoms with Crippen molar-refractivity contribution >= 4 is 11.6 Å². The zero-order valence-electron chi connectivity index (χ0n) is 10.0. The SMILES string of the molecule is O=C(CF)Nc1ccc(C(O)(C(F)(F)F)C(F)(F)F)cc1. The van der Waals surface area contributed by atoms with Crippen LogP contribution in [0.1, 0.15) is 5.56 Å². The van der Waals surface area contributed by atoms with E-state index in [1.165, 1.54) is 0 Å². The Hall–Kier alpha value is -1.84. The minimum absolute atomic E-state index is 0.215. The predicted molar refractivity (Wildman–Crippen MR) is 57.1 cm³/mol. The molecule has 0 saturated carbocycles. The second kappa shape index (κ2) is 5.51. The van der Waals surface area contributed by atoms with Crippen molar-refractivity contribution < 1.29 is 40.6 Å². The van der Waals surface area contributed by atoms with E-state index in [1.807, 2.05) is 5.32 Å². The van der Waals surface area contributed by atoms with E-state index in [1.54, 1.807) is 0 Å². The molecule has 0 aliphatic heterocycles. The number of aliphatic hydroxyl groups is 1. The Balaban J connectivity index is 3.21.